The number of halogens is 1. The normalized spacial score (nSPS) is 21.8. The molecule has 0 saturated carbocycles. The minimum absolute atomic E-state index is 0.660. The molecule has 15 heteroatoms. The van der Waals surface area contributed by atoms with Gasteiger partial charge in [-0.3, -0.25) is 40.5 Å². The summed E-state index contributed by atoms with van der Waals surface area (Å²) in [7, 11) is 0. The molecule has 23 heavy (non-hydrogen) atoms. The van der Waals surface area contributed by atoms with Crippen LogP contribution in [0.1, 0.15) is 13.3 Å². The highest BCUT2D eigenvalue weighted by molar-refractivity contribution is 4.76. The highest BCUT2D eigenvalue weighted by Crippen LogP contribution is 2.34. The van der Waals surface area contributed by atoms with Crippen LogP contribution in [-0.4, -0.2) is 50.8 Å². The molecule has 0 aromatic heterocycles. The third kappa shape index (κ3) is 3.29. The summed E-state index contributed by atoms with van der Waals surface area (Å²) in [6.45, 7) is -1.16. The molecule has 1 aliphatic heterocycles. The molecule has 1 saturated heterocycles. The fraction of sp³-hybridized carbons (Fsp3) is 1.00. The van der Waals surface area contributed by atoms with Crippen LogP contribution < -0.4 is 0 Å². The lowest BCUT2D eigenvalue weighted by atomic mass is 10.0. The first-order valence-electron chi connectivity index (χ1n) is 5.96. The lowest BCUT2D eigenvalue weighted by molar-refractivity contribution is -0.841. The molecule has 1 aliphatic rings. The summed E-state index contributed by atoms with van der Waals surface area (Å²) < 4.78 is 23.4. The van der Waals surface area contributed by atoms with Gasteiger partial charge in [0.15, 0.2) is 18.8 Å². The van der Waals surface area contributed by atoms with Crippen molar-refractivity contribution in [2.45, 2.75) is 31.2 Å². The molecule has 0 bridgehead atoms. The zero-order valence-corrected chi connectivity index (χ0v) is 11.5. The highest BCUT2D eigenvalue weighted by atomic mass is 19.2. The Morgan fingerprint density at radius 2 is 1.57 bits per heavy atom. The molecule has 0 aromatic rings. The maximum absolute atomic E-state index is 13.9. The summed E-state index contributed by atoms with van der Waals surface area (Å²) in [5, 5.41) is 42.5. The first kappa shape index (κ1) is 18.5. The van der Waals surface area contributed by atoms with Gasteiger partial charge in [-0.2, -0.15) is 0 Å². The maximum atomic E-state index is 13.9. The van der Waals surface area contributed by atoms with Crippen molar-refractivity contribution >= 4 is 0 Å². The molecule has 1 fully saturated rings. The molecule has 0 aliphatic carbocycles. The van der Waals surface area contributed by atoms with Gasteiger partial charge in [-0.15, -0.1) is 0 Å². The Kier molecular flexibility index (Phi) is 5.06. The van der Waals surface area contributed by atoms with Crippen molar-refractivity contribution in [3.63, 3.8) is 0 Å². The molecular formula is C8H11FN4O10. The summed E-state index contributed by atoms with van der Waals surface area (Å²) in [6.07, 6.45) is -2.14. The Morgan fingerprint density at radius 3 is 1.96 bits per heavy atom. The second-order valence-corrected chi connectivity index (χ2v) is 4.89. The summed E-state index contributed by atoms with van der Waals surface area (Å²) in [6, 6.07) is 0. The van der Waals surface area contributed by atoms with E-state index in [4.69, 9.17) is 9.47 Å². The molecule has 0 amide bonds. The number of alkyl halides is 1. The van der Waals surface area contributed by atoms with Crippen LogP contribution in [0.4, 0.5) is 4.39 Å². The lowest BCUT2D eigenvalue weighted by Gasteiger charge is -2.16. The van der Waals surface area contributed by atoms with Crippen LogP contribution in [-0.2, 0) is 9.47 Å². The summed E-state index contributed by atoms with van der Waals surface area (Å²) in [4.78, 5) is 36.6. The molecular weight excluding hydrogens is 331 g/mol. The Labute approximate surface area is 125 Å². The summed E-state index contributed by atoms with van der Waals surface area (Å²) in [5.41, 5.74) is -2.71. The molecule has 1 rings (SSSR count). The van der Waals surface area contributed by atoms with E-state index in [1.165, 1.54) is 0 Å². The largest absolute Gasteiger partial charge is 0.619 e. The predicted molar refractivity (Wildman–Crippen MR) is 64.0 cm³/mol. The van der Waals surface area contributed by atoms with Gasteiger partial charge in [-0.05, 0) is 0 Å². The molecule has 0 radical (unpaired) electrons. The maximum Gasteiger partial charge on any atom is 0.619 e. The minimum atomic E-state index is -4.01. The van der Waals surface area contributed by atoms with Crippen molar-refractivity contribution in [3.05, 3.63) is 40.5 Å². The lowest BCUT2D eigenvalue weighted by Crippen LogP contribution is -2.49. The number of nitro groups is 4. The van der Waals surface area contributed by atoms with Gasteiger partial charge in [0, 0.05) is 6.42 Å². The van der Waals surface area contributed by atoms with E-state index in [0.29, 0.717) is 6.92 Å². The van der Waals surface area contributed by atoms with Crippen LogP contribution in [0.25, 0.3) is 0 Å². The third-order valence-electron chi connectivity index (χ3n) is 3.32. The van der Waals surface area contributed by atoms with E-state index in [1.807, 2.05) is 0 Å². The Morgan fingerprint density at radius 1 is 1.09 bits per heavy atom. The topological polar surface area (TPSA) is 191 Å². The zero-order chi connectivity index (χ0) is 18.0. The molecule has 0 spiro atoms. The van der Waals surface area contributed by atoms with Crippen LogP contribution in [0, 0.1) is 46.4 Å². The predicted octanol–water partition coefficient (Wildman–Crippen LogP) is -0.188. The second-order valence-electron chi connectivity index (χ2n) is 4.89. The van der Waals surface area contributed by atoms with Gasteiger partial charge in [0.05, 0.1) is 13.5 Å². The van der Waals surface area contributed by atoms with Gasteiger partial charge < -0.3 is 9.47 Å². The highest BCUT2D eigenvalue weighted by Gasteiger charge is 2.67. The van der Waals surface area contributed by atoms with Crippen molar-refractivity contribution in [1.82, 2.24) is 0 Å². The van der Waals surface area contributed by atoms with E-state index < -0.39 is 63.1 Å². The smallest absolute Gasteiger partial charge is 0.352 e. The van der Waals surface area contributed by atoms with Crippen molar-refractivity contribution in [3.8, 4) is 0 Å². The number of hydrogen-bond donors (Lipinski definition) is 0. The molecule has 14 nitrogen and oxygen atoms in total. The third-order valence-corrected chi connectivity index (χ3v) is 3.32. The van der Waals surface area contributed by atoms with E-state index in [2.05, 4.69) is 0 Å². The molecule has 130 valence electrons. The van der Waals surface area contributed by atoms with Gasteiger partial charge in [0.2, 0.25) is 0 Å². The van der Waals surface area contributed by atoms with Gasteiger partial charge in [0.25, 0.3) is 0 Å². The molecule has 0 N–H and O–H groups in total. The number of hydrogen-bond acceptors (Lipinski definition) is 10. The number of rotatable bonds is 8. The summed E-state index contributed by atoms with van der Waals surface area (Å²) in [5.74, 6) is -5.82. The standard InChI is InChI=1S/C8H11FN4O10/c1-7(10(14)15,11(16)17)4-23-6-2-5(3-22-6)8(9,12(18)19)13(20)21/h5-6H,2-4H2,1H3/t5-,6+/m1/s1. The Balaban J connectivity index is 2.75. The van der Waals surface area contributed by atoms with Crippen LogP contribution in [0.5, 0.6) is 0 Å². The monoisotopic (exact) mass is 342 g/mol. The van der Waals surface area contributed by atoms with Crippen molar-refractivity contribution in [2.75, 3.05) is 13.2 Å². The average molecular weight is 342 g/mol. The fourth-order valence-corrected chi connectivity index (χ4v) is 1.75. The Hall–Kier alpha value is -2.55. The minimum Gasteiger partial charge on any atom is -0.352 e. The number of ether oxygens (including phenoxy) is 2. The van der Waals surface area contributed by atoms with E-state index in [0.717, 1.165) is 0 Å². The SMILES string of the molecule is CC(CO[C@H]1C[C@@H](C(F)([N+](=O)[O-])[N+](=O)[O-])CO1)([N+](=O)[O-])[N+](=O)[O-]. The van der Waals surface area contributed by atoms with E-state index in [-0.39, 0.29) is 0 Å². The van der Waals surface area contributed by atoms with Crippen molar-refractivity contribution in [1.29, 1.82) is 0 Å². The van der Waals surface area contributed by atoms with E-state index >= 15 is 0 Å². The van der Waals surface area contributed by atoms with E-state index in [1.54, 1.807) is 0 Å². The number of nitrogens with zero attached hydrogens (tertiary/aromatic N) is 4. The average Bonchev–Trinajstić information content (AvgIpc) is 2.91. The van der Waals surface area contributed by atoms with Gasteiger partial charge in [-0.1, -0.05) is 4.39 Å². The molecule has 0 aromatic carbocycles. The van der Waals surface area contributed by atoms with Crippen LogP contribution in [0.15, 0.2) is 0 Å². The summed E-state index contributed by atoms with van der Waals surface area (Å²) >= 11 is 0. The molecule has 0 unspecified atom stereocenters. The van der Waals surface area contributed by atoms with Crippen molar-refractivity contribution in [2.24, 2.45) is 5.92 Å². The van der Waals surface area contributed by atoms with Gasteiger partial charge >= 0.3 is 11.6 Å². The molecule has 2 atom stereocenters. The first-order valence-corrected chi connectivity index (χ1v) is 5.96. The zero-order valence-electron chi connectivity index (χ0n) is 11.5. The Bertz CT molecular complexity index is 513. The van der Waals surface area contributed by atoms with Crippen LogP contribution >= 0.6 is 0 Å². The molecule has 1 heterocycles. The first-order chi connectivity index (χ1) is 10.5. The quantitative estimate of drug-likeness (QED) is 0.247. The second kappa shape index (κ2) is 6.29. The van der Waals surface area contributed by atoms with Crippen LogP contribution in [0.2, 0.25) is 0 Å². The van der Waals surface area contributed by atoms with Gasteiger partial charge in [-0.25, -0.2) is 0 Å². The van der Waals surface area contributed by atoms with Crippen LogP contribution in [0.3, 0.4) is 0 Å². The van der Waals surface area contributed by atoms with Crippen molar-refractivity contribution < 1.29 is 33.6 Å². The fourth-order valence-electron chi connectivity index (χ4n) is 1.75. The van der Waals surface area contributed by atoms with E-state index in [9.17, 15) is 44.8 Å². The van der Waals surface area contributed by atoms with Gasteiger partial charge in [0.1, 0.15) is 19.7 Å².